The van der Waals surface area contributed by atoms with Crippen LogP contribution in [0.15, 0.2) is 23.1 Å². The summed E-state index contributed by atoms with van der Waals surface area (Å²) in [5.41, 5.74) is 1.34. The van der Waals surface area contributed by atoms with Gasteiger partial charge in [-0.05, 0) is 49.1 Å². The summed E-state index contributed by atoms with van der Waals surface area (Å²) in [7, 11) is 0. The molecule has 0 atom stereocenters. The molecule has 1 aromatic carbocycles. The molecule has 0 bridgehead atoms. The lowest BCUT2D eigenvalue weighted by Gasteiger charge is -2.13. The molecular weight excluding hydrogens is 262 g/mol. The van der Waals surface area contributed by atoms with Crippen LogP contribution < -0.4 is 5.32 Å². The van der Waals surface area contributed by atoms with Gasteiger partial charge in [0.05, 0.1) is 0 Å². The Morgan fingerprint density at radius 1 is 1.33 bits per heavy atom. The Balaban J connectivity index is 1.96. The van der Waals surface area contributed by atoms with E-state index in [0.29, 0.717) is 0 Å². The molecule has 18 heavy (non-hydrogen) atoms. The fourth-order valence-corrected chi connectivity index (χ4v) is 3.90. The molecule has 1 aliphatic rings. The molecule has 1 nitrogen and oxygen atoms in total. The van der Waals surface area contributed by atoms with Crippen LogP contribution in [0.3, 0.4) is 0 Å². The van der Waals surface area contributed by atoms with E-state index in [1.807, 2.05) is 17.8 Å². The number of benzene rings is 1. The lowest BCUT2D eigenvalue weighted by atomic mass is 10.1. The minimum Gasteiger partial charge on any atom is -0.313 e. The Morgan fingerprint density at radius 3 is 2.83 bits per heavy atom. The van der Waals surface area contributed by atoms with Gasteiger partial charge in [-0.25, -0.2) is 0 Å². The summed E-state index contributed by atoms with van der Waals surface area (Å²) >= 11 is 8.09. The Bertz CT molecular complexity index is 375. The van der Waals surface area contributed by atoms with Crippen molar-refractivity contribution >= 4 is 23.4 Å². The van der Waals surface area contributed by atoms with Crippen molar-refractivity contribution in [3.63, 3.8) is 0 Å². The lowest BCUT2D eigenvalue weighted by Crippen LogP contribution is -2.12. The van der Waals surface area contributed by atoms with Crippen LogP contribution in [0.4, 0.5) is 0 Å². The van der Waals surface area contributed by atoms with Crippen LogP contribution in [0.5, 0.6) is 0 Å². The molecule has 2 rings (SSSR count). The molecule has 1 N–H and O–H groups in total. The second-order valence-corrected chi connectivity index (χ2v) is 6.49. The fraction of sp³-hybridized carbons (Fsp3) is 0.600. The van der Waals surface area contributed by atoms with Crippen LogP contribution in [0.25, 0.3) is 0 Å². The second kappa shape index (κ2) is 7.42. The molecule has 0 aliphatic heterocycles. The zero-order chi connectivity index (χ0) is 12.8. The minimum absolute atomic E-state index is 0.841. The predicted molar refractivity (Wildman–Crippen MR) is 81.5 cm³/mol. The number of hydrogen-bond acceptors (Lipinski definition) is 2. The monoisotopic (exact) mass is 283 g/mol. The molecule has 0 heterocycles. The molecule has 0 aromatic heterocycles. The van der Waals surface area contributed by atoms with Gasteiger partial charge in [0.15, 0.2) is 0 Å². The van der Waals surface area contributed by atoms with Gasteiger partial charge in [-0.2, -0.15) is 0 Å². The molecule has 3 heteroatoms. The number of rotatable bonds is 6. The van der Waals surface area contributed by atoms with Gasteiger partial charge in [0.2, 0.25) is 0 Å². The highest BCUT2D eigenvalue weighted by Gasteiger charge is 2.15. The molecule has 1 fully saturated rings. The maximum absolute atomic E-state index is 6.09. The topological polar surface area (TPSA) is 12.0 Å². The first-order chi connectivity index (χ1) is 8.79. The lowest BCUT2D eigenvalue weighted by molar-refractivity contribution is 0.623. The molecule has 0 unspecified atom stereocenters. The van der Waals surface area contributed by atoms with Crippen LogP contribution in [-0.4, -0.2) is 12.3 Å². The first-order valence-corrected chi connectivity index (χ1v) is 8.28. The molecule has 0 spiro atoms. The van der Waals surface area contributed by atoms with Crippen molar-refractivity contribution in [3.8, 4) is 0 Å². The van der Waals surface area contributed by atoms with E-state index in [1.54, 1.807) is 0 Å². The highest BCUT2D eigenvalue weighted by atomic mass is 35.5. The summed E-state index contributed by atoms with van der Waals surface area (Å²) in [6.45, 7) is 4.05. The van der Waals surface area contributed by atoms with E-state index in [4.69, 9.17) is 11.6 Å². The molecule has 100 valence electrons. The SMILES string of the molecule is CCNCc1cc(Cl)ccc1SCC1CCCC1. The van der Waals surface area contributed by atoms with Gasteiger partial charge in [-0.3, -0.25) is 0 Å². The van der Waals surface area contributed by atoms with E-state index >= 15 is 0 Å². The van der Waals surface area contributed by atoms with Gasteiger partial charge in [0, 0.05) is 22.2 Å². The van der Waals surface area contributed by atoms with Gasteiger partial charge in [0.25, 0.3) is 0 Å². The second-order valence-electron chi connectivity index (χ2n) is 4.99. The van der Waals surface area contributed by atoms with Crippen LogP contribution >= 0.6 is 23.4 Å². The molecule has 0 radical (unpaired) electrons. The molecule has 1 aromatic rings. The van der Waals surface area contributed by atoms with Crippen molar-refractivity contribution in [1.29, 1.82) is 0 Å². The summed E-state index contributed by atoms with van der Waals surface area (Å²) in [6, 6.07) is 6.28. The smallest absolute Gasteiger partial charge is 0.0410 e. The van der Waals surface area contributed by atoms with Gasteiger partial charge in [0.1, 0.15) is 0 Å². The van der Waals surface area contributed by atoms with Crippen molar-refractivity contribution in [2.24, 2.45) is 5.92 Å². The summed E-state index contributed by atoms with van der Waals surface area (Å²) < 4.78 is 0. The molecule has 0 saturated heterocycles. The van der Waals surface area contributed by atoms with Crippen molar-refractivity contribution in [1.82, 2.24) is 5.32 Å². The summed E-state index contributed by atoms with van der Waals surface area (Å²) in [4.78, 5) is 1.40. The maximum atomic E-state index is 6.09. The quantitative estimate of drug-likeness (QED) is 0.758. The molecule has 0 amide bonds. The Hall–Kier alpha value is -0.180. The zero-order valence-corrected chi connectivity index (χ0v) is 12.6. The average Bonchev–Trinajstić information content (AvgIpc) is 2.88. The first-order valence-electron chi connectivity index (χ1n) is 6.91. The Labute approximate surface area is 120 Å². The summed E-state index contributed by atoms with van der Waals surface area (Å²) in [5, 5.41) is 4.23. The normalized spacial score (nSPS) is 16.3. The van der Waals surface area contributed by atoms with E-state index < -0.39 is 0 Å². The molecule has 1 saturated carbocycles. The van der Waals surface area contributed by atoms with Gasteiger partial charge in [-0.15, -0.1) is 11.8 Å². The van der Waals surface area contributed by atoms with Gasteiger partial charge < -0.3 is 5.32 Å². The fourth-order valence-electron chi connectivity index (χ4n) is 2.47. The number of halogens is 1. The third-order valence-electron chi connectivity index (χ3n) is 3.54. The van der Waals surface area contributed by atoms with Crippen LogP contribution in [-0.2, 0) is 6.54 Å². The third kappa shape index (κ3) is 4.18. The van der Waals surface area contributed by atoms with Crippen molar-refractivity contribution in [2.75, 3.05) is 12.3 Å². The van der Waals surface area contributed by atoms with Gasteiger partial charge in [-0.1, -0.05) is 31.4 Å². The summed E-state index contributed by atoms with van der Waals surface area (Å²) in [6.07, 6.45) is 5.69. The zero-order valence-electron chi connectivity index (χ0n) is 11.0. The van der Waals surface area contributed by atoms with Crippen molar-refractivity contribution in [3.05, 3.63) is 28.8 Å². The van der Waals surface area contributed by atoms with E-state index in [-0.39, 0.29) is 0 Å². The number of nitrogens with one attached hydrogen (secondary N) is 1. The molecular formula is C15H22ClNS. The van der Waals surface area contributed by atoms with Crippen molar-refractivity contribution in [2.45, 2.75) is 44.0 Å². The van der Waals surface area contributed by atoms with Crippen LogP contribution in [0.1, 0.15) is 38.2 Å². The van der Waals surface area contributed by atoms with E-state index in [9.17, 15) is 0 Å². The highest BCUT2D eigenvalue weighted by Crippen LogP contribution is 2.33. The predicted octanol–water partition coefficient (Wildman–Crippen LogP) is 4.73. The van der Waals surface area contributed by atoms with Crippen molar-refractivity contribution < 1.29 is 0 Å². The minimum atomic E-state index is 0.841. The summed E-state index contributed by atoms with van der Waals surface area (Å²) in [5.74, 6) is 2.19. The number of hydrogen-bond donors (Lipinski definition) is 1. The first kappa shape index (κ1) is 14.2. The van der Waals surface area contributed by atoms with E-state index in [0.717, 1.165) is 24.0 Å². The Morgan fingerprint density at radius 2 is 2.11 bits per heavy atom. The van der Waals surface area contributed by atoms with E-state index in [1.165, 1.54) is 41.9 Å². The van der Waals surface area contributed by atoms with E-state index in [2.05, 4.69) is 24.4 Å². The van der Waals surface area contributed by atoms with Gasteiger partial charge >= 0.3 is 0 Å². The van der Waals surface area contributed by atoms with Crippen LogP contribution in [0, 0.1) is 5.92 Å². The molecule has 1 aliphatic carbocycles. The number of thioether (sulfide) groups is 1. The maximum Gasteiger partial charge on any atom is 0.0410 e. The third-order valence-corrected chi connectivity index (χ3v) is 5.12. The standard InChI is InChI=1S/C15H22ClNS/c1-2-17-10-13-9-14(16)7-8-15(13)18-11-12-5-3-4-6-12/h7-9,12,17H,2-6,10-11H2,1H3. The average molecular weight is 284 g/mol. The highest BCUT2D eigenvalue weighted by molar-refractivity contribution is 7.99. The largest absolute Gasteiger partial charge is 0.313 e. The van der Waals surface area contributed by atoms with Crippen LogP contribution in [0.2, 0.25) is 5.02 Å². The Kier molecular flexibility index (Phi) is 5.87.